The van der Waals surface area contributed by atoms with Gasteiger partial charge in [0.2, 0.25) is 5.91 Å². The summed E-state index contributed by atoms with van der Waals surface area (Å²) in [5.74, 6) is 0.0453. The zero-order valence-electron chi connectivity index (χ0n) is 12.4. The van der Waals surface area contributed by atoms with E-state index in [0.717, 1.165) is 5.56 Å². The number of aryl methyl sites for hydroxylation is 2. The lowest BCUT2D eigenvalue weighted by Crippen LogP contribution is -2.49. The maximum atomic E-state index is 11.8. The predicted octanol–water partition coefficient (Wildman–Crippen LogP) is 2.81. The van der Waals surface area contributed by atoms with Crippen LogP contribution in [0.4, 0.5) is 0 Å². The minimum atomic E-state index is -0.0328. The zero-order valence-corrected chi connectivity index (χ0v) is 12.4. The van der Waals surface area contributed by atoms with Gasteiger partial charge in [-0.25, -0.2) is 0 Å². The van der Waals surface area contributed by atoms with E-state index in [2.05, 4.69) is 73.0 Å². The molecular weight excluding hydrogens is 260 g/mol. The van der Waals surface area contributed by atoms with Gasteiger partial charge in [0.15, 0.2) is 0 Å². The molecule has 1 saturated heterocycles. The van der Waals surface area contributed by atoms with Gasteiger partial charge in [0.05, 0.1) is 18.6 Å². The third-order valence-electron chi connectivity index (χ3n) is 4.01. The van der Waals surface area contributed by atoms with E-state index in [9.17, 15) is 4.79 Å². The summed E-state index contributed by atoms with van der Waals surface area (Å²) in [4.78, 5) is 11.8. The van der Waals surface area contributed by atoms with Crippen molar-refractivity contribution in [1.82, 2.24) is 10.6 Å². The molecule has 108 valence electrons. The van der Waals surface area contributed by atoms with Crippen LogP contribution in [0.1, 0.15) is 34.3 Å². The molecule has 0 radical (unpaired) electrons. The summed E-state index contributed by atoms with van der Waals surface area (Å²) in [5.41, 5.74) is 4.80. The second-order valence-corrected chi connectivity index (χ2v) is 5.73. The summed E-state index contributed by atoms with van der Waals surface area (Å²) in [6, 6.07) is 16.9. The highest BCUT2D eigenvalue weighted by Crippen LogP contribution is 2.31. The highest BCUT2D eigenvalue weighted by molar-refractivity contribution is 5.79. The Morgan fingerprint density at radius 1 is 0.810 bits per heavy atom. The molecule has 0 aromatic heterocycles. The van der Waals surface area contributed by atoms with Crippen LogP contribution in [0.3, 0.4) is 0 Å². The lowest BCUT2D eigenvalue weighted by Gasteiger charge is -2.34. The van der Waals surface area contributed by atoms with Crippen LogP contribution < -0.4 is 10.6 Å². The minimum absolute atomic E-state index is 0.0328. The van der Waals surface area contributed by atoms with Crippen LogP contribution in [0.25, 0.3) is 0 Å². The molecule has 2 atom stereocenters. The Labute approximate surface area is 125 Å². The molecular formula is C18H20N2O. The average Bonchev–Trinajstić information content (AvgIpc) is 2.49. The molecule has 2 aromatic rings. The van der Waals surface area contributed by atoms with Crippen LogP contribution in [-0.2, 0) is 4.79 Å². The SMILES string of the molecule is Cc1ccc(C2NCC(=O)NC2c2ccc(C)cc2)cc1. The van der Waals surface area contributed by atoms with Crippen LogP contribution in [-0.4, -0.2) is 12.5 Å². The Kier molecular flexibility index (Phi) is 3.76. The Morgan fingerprint density at radius 2 is 1.29 bits per heavy atom. The Balaban J connectivity index is 1.94. The number of amides is 1. The van der Waals surface area contributed by atoms with Crippen molar-refractivity contribution in [1.29, 1.82) is 0 Å². The molecule has 1 aliphatic heterocycles. The lowest BCUT2D eigenvalue weighted by molar-refractivity contribution is -0.123. The molecule has 3 heteroatoms. The molecule has 21 heavy (non-hydrogen) atoms. The lowest BCUT2D eigenvalue weighted by atomic mass is 9.91. The maximum Gasteiger partial charge on any atom is 0.234 e. The first kappa shape index (κ1) is 13.8. The van der Waals surface area contributed by atoms with Gasteiger partial charge in [0.1, 0.15) is 0 Å². The number of nitrogens with one attached hydrogen (secondary N) is 2. The summed E-state index contributed by atoms with van der Waals surface area (Å²) < 4.78 is 0. The maximum absolute atomic E-state index is 11.8. The molecule has 2 N–H and O–H groups in total. The van der Waals surface area contributed by atoms with Crippen molar-refractivity contribution in [3.8, 4) is 0 Å². The van der Waals surface area contributed by atoms with Crippen LogP contribution in [0.2, 0.25) is 0 Å². The smallest absolute Gasteiger partial charge is 0.234 e. The van der Waals surface area contributed by atoms with Gasteiger partial charge >= 0.3 is 0 Å². The fourth-order valence-corrected chi connectivity index (χ4v) is 2.76. The quantitative estimate of drug-likeness (QED) is 0.888. The third-order valence-corrected chi connectivity index (χ3v) is 4.01. The highest BCUT2D eigenvalue weighted by atomic mass is 16.2. The Bertz CT molecular complexity index is 631. The second-order valence-electron chi connectivity index (χ2n) is 5.73. The van der Waals surface area contributed by atoms with E-state index in [1.807, 2.05) is 0 Å². The van der Waals surface area contributed by atoms with Gasteiger partial charge in [0.25, 0.3) is 0 Å². The summed E-state index contributed by atoms with van der Waals surface area (Å²) >= 11 is 0. The standard InChI is InChI=1S/C18H20N2O/c1-12-3-7-14(8-4-12)17-18(20-16(21)11-19-17)15-9-5-13(2)6-10-15/h3-10,17-19H,11H2,1-2H3,(H,20,21). The molecule has 3 rings (SSSR count). The number of piperazine rings is 1. The molecule has 0 aliphatic carbocycles. The second kappa shape index (κ2) is 5.70. The minimum Gasteiger partial charge on any atom is -0.346 e. The fourth-order valence-electron chi connectivity index (χ4n) is 2.76. The normalized spacial score (nSPS) is 21.9. The van der Waals surface area contributed by atoms with E-state index < -0.39 is 0 Å². The van der Waals surface area contributed by atoms with Gasteiger partial charge in [-0.15, -0.1) is 0 Å². The van der Waals surface area contributed by atoms with E-state index in [4.69, 9.17) is 0 Å². The molecule has 0 spiro atoms. The summed E-state index contributed by atoms with van der Waals surface area (Å²) in [7, 11) is 0. The van der Waals surface area contributed by atoms with E-state index in [-0.39, 0.29) is 18.0 Å². The molecule has 1 heterocycles. The summed E-state index contributed by atoms with van der Waals surface area (Å²) in [6.45, 7) is 4.51. The number of hydrogen-bond donors (Lipinski definition) is 2. The van der Waals surface area contributed by atoms with Crippen molar-refractivity contribution < 1.29 is 4.79 Å². The van der Waals surface area contributed by atoms with Crippen molar-refractivity contribution in [3.63, 3.8) is 0 Å². The van der Waals surface area contributed by atoms with E-state index in [1.165, 1.54) is 16.7 Å². The number of carbonyl (C=O) groups excluding carboxylic acids is 1. The van der Waals surface area contributed by atoms with Crippen LogP contribution in [0, 0.1) is 13.8 Å². The predicted molar refractivity (Wildman–Crippen MR) is 84.0 cm³/mol. The third kappa shape index (κ3) is 2.98. The van der Waals surface area contributed by atoms with Gasteiger partial charge in [-0.05, 0) is 25.0 Å². The van der Waals surface area contributed by atoms with Crippen molar-refractivity contribution in [2.24, 2.45) is 0 Å². The molecule has 2 unspecified atom stereocenters. The van der Waals surface area contributed by atoms with Crippen molar-refractivity contribution in [2.45, 2.75) is 25.9 Å². The largest absolute Gasteiger partial charge is 0.346 e. The first-order valence-corrected chi connectivity index (χ1v) is 7.29. The van der Waals surface area contributed by atoms with Gasteiger partial charge in [-0.3, -0.25) is 10.1 Å². The van der Waals surface area contributed by atoms with Crippen LogP contribution in [0.5, 0.6) is 0 Å². The molecule has 0 saturated carbocycles. The van der Waals surface area contributed by atoms with Crippen molar-refractivity contribution in [2.75, 3.05) is 6.54 Å². The summed E-state index contributed by atoms with van der Waals surface area (Å²) in [5, 5.41) is 6.47. The molecule has 1 amide bonds. The van der Waals surface area contributed by atoms with Gasteiger partial charge in [-0.1, -0.05) is 59.7 Å². The first-order chi connectivity index (χ1) is 10.1. The average molecular weight is 280 g/mol. The van der Waals surface area contributed by atoms with Gasteiger partial charge in [-0.2, -0.15) is 0 Å². The number of benzene rings is 2. The Hall–Kier alpha value is -2.13. The van der Waals surface area contributed by atoms with Crippen LogP contribution in [0.15, 0.2) is 48.5 Å². The van der Waals surface area contributed by atoms with Gasteiger partial charge in [0, 0.05) is 0 Å². The van der Waals surface area contributed by atoms with E-state index in [1.54, 1.807) is 0 Å². The van der Waals surface area contributed by atoms with Crippen LogP contribution >= 0.6 is 0 Å². The topological polar surface area (TPSA) is 41.1 Å². The number of rotatable bonds is 2. The van der Waals surface area contributed by atoms with Crippen molar-refractivity contribution in [3.05, 3.63) is 70.8 Å². The molecule has 2 aromatic carbocycles. The fraction of sp³-hybridized carbons (Fsp3) is 0.278. The monoisotopic (exact) mass is 280 g/mol. The molecule has 1 fully saturated rings. The van der Waals surface area contributed by atoms with E-state index >= 15 is 0 Å². The molecule has 0 bridgehead atoms. The van der Waals surface area contributed by atoms with E-state index in [0.29, 0.717) is 6.54 Å². The number of hydrogen-bond acceptors (Lipinski definition) is 2. The van der Waals surface area contributed by atoms with Gasteiger partial charge < -0.3 is 5.32 Å². The van der Waals surface area contributed by atoms with Crippen molar-refractivity contribution >= 4 is 5.91 Å². The Morgan fingerprint density at radius 3 is 1.81 bits per heavy atom. The highest BCUT2D eigenvalue weighted by Gasteiger charge is 2.30. The summed E-state index contributed by atoms with van der Waals surface area (Å²) in [6.07, 6.45) is 0. The molecule has 3 nitrogen and oxygen atoms in total. The molecule has 1 aliphatic rings. The first-order valence-electron chi connectivity index (χ1n) is 7.29. The number of carbonyl (C=O) groups is 1. The zero-order chi connectivity index (χ0) is 14.8.